The fraction of sp³-hybridized carbons (Fsp3) is 0.364. The predicted octanol–water partition coefficient (Wildman–Crippen LogP) is 0.210. The maximum atomic E-state index is 11.4. The van der Waals surface area contributed by atoms with Gasteiger partial charge in [-0.05, 0) is 18.6 Å². The lowest BCUT2D eigenvalue weighted by Crippen LogP contribution is -2.27. The van der Waals surface area contributed by atoms with Gasteiger partial charge in [0.05, 0.1) is 17.9 Å². The second-order valence-electron chi connectivity index (χ2n) is 4.21. The second kappa shape index (κ2) is 5.80. The molecule has 1 aliphatic rings. The van der Waals surface area contributed by atoms with Crippen LogP contribution in [0.25, 0.3) is 0 Å². The Hall–Kier alpha value is -1.61. The Kier molecular flexibility index (Phi) is 4.29. The lowest BCUT2D eigenvalue weighted by molar-refractivity contribution is 0.318. The van der Waals surface area contributed by atoms with E-state index in [0.29, 0.717) is 35.8 Å². The van der Waals surface area contributed by atoms with Crippen LogP contribution in [-0.2, 0) is 21.0 Å². The van der Waals surface area contributed by atoms with Gasteiger partial charge in [-0.1, -0.05) is 6.07 Å². The maximum Gasteiger partial charge on any atom is 0.344 e. The number of nitrogens with one attached hydrogen (secondary N) is 1. The van der Waals surface area contributed by atoms with E-state index >= 15 is 0 Å². The molecule has 1 aromatic rings. The normalized spacial score (nSPS) is 17.6. The van der Waals surface area contributed by atoms with Crippen molar-refractivity contribution in [3.8, 4) is 5.75 Å². The maximum absolute atomic E-state index is 11.4. The van der Waals surface area contributed by atoms with Crippen LogP contribution in [0.3, 0.4) is 0 Å². The molecule has 1 atom stereocenters. The molecule has 0 bridgehead atoms. The highest BCUT2D eigenvalue weighted by molar-refractivity contribution is 7.91. The molecule has 0 saturated heterocycles. The van der Waals surface area contributed by atoms with Gasteiger partial charge in [-0.25, -0.2) is 0 Å². The standard InChI is InChI=1S/C11H15N3O4S2/c1-19(15)7-3-6-18-9-5-2-4-8-10(9)11(12)14-20(16,17)13-8/h2,4-5,13H,3,6-7H2,1H3,(H2,12,14). The van der Waals surface area contributed by atoms with Crippen LogP contribution in [0.4, 0.5) is 5.69 Å². The predicted molar refractivity (Wildman–Crippen MR) is 78.8 cm³/mol. The summed E-state index contributed by atoms with van der Waals surface area (Å²) in [5.41, 5.74) is 6.45. The van der Waals surface area contributed by atoms with Gasteiger partial charge in [-0.3, -0.25) is 8.93 Å². The monoisotopic (exact) mass is 317 g/mol. The molecule has 0 radical (unpaired) electrons. The Bertz CT molecular complexity index is 670. The van der Waals surface area contributed by atoms with Crippen LogP contribution < -0.4 is 15.2 Å². The van der Waals surface area contributed by atoms with Gasteiger partial charge >= 0.3 is 10.2 Å². The third-order valence-electron chi connectivity index (χ3n) is 2.57. The van der Waals surface area contributed by atoms with E-state index in [0.717, 1.165) is 0 Å². The van der Waals surface area contributed by atoms with Crippen molar-refractivity contribution in [1.82, 2.24) is 0 Å². The first-order valence-corrected chi connectivity index (χ1v) is 9.00. The molecule has 0 amide bonds. The van der Waals surface area contributed by atoms with Gasteiger partial charge in [0.2, 0.25) is 0 Å². The average molecular weight is 317 g/mol. The number of nitrogens with zero attached hydrogens (tertiary/aromatic N) is 1. The zero-order chi connectivity index (χ0) is 14.8. The highest BCUT2D eigenvalue weighted by Gasteiger charge is 2.24. The fourth-order valence-corrected chi connectivity index (χ4v) is 3.15. The molecule has 0 spiro atoms. The zero-order valence-corrected chi connectivity index (χ0v) is 12.5. The molecule has 0 fully saturated rings. The third-order valence-corrected chi connectivity index (χ3v) is 4.35. The van der Waals surface area contributed by atoms with Gasteiger partial charge < -0.3 is 10.5 Å². The molecule has 9 heteroatoms. The van der Waals surface area contributed by atoms with E-state index in [2.05, 4.69) is 9.12 Å². The van der Waals surface area contributed by atoms with Crippen LogP contribution >= 0.6 is 0 Å². The van der Waals surface area contributed by atoms with Gasteiger partial charge in [0.25, 0.3) is 0 Å². The molecule has 0 saturated carbocycles. The number of hydrogen-bond donors (Lipinski definition) is 2. The fourth-order valence-electron chi connectivity index (χ4n) is 1.78. The first-order chi connectivity index (χ1) is 9.39. The van der Waals surface area contributed by atoms with Crippen molar-refractivity contribution in [2.75, 3.05) is 23.3 Å². The summed E-state index contributed by atoms with van der Waals surface area (Å²) < 4.78 is 45.0. The van der Waals surface area contributed by atoms with Crippen molar-refractivity contribution in [2.45, 2.75) is 6.42 Å². The van der Waals surface area contributed by atoms with Crippen molar-refractivity contribution in [3.05, 3.63) is 23.8 Å². The van der Waals surface area contributed by atoms with Crippen LogP contribution in [-0.4, -0.2) is 37.1 Å². The van der Waals surface area contributed by atoms with Crippen LogP contribution in [0.15, 0.2) is 22.6 Å². The molecule has 2 rings (SSSR count). The van der Waals surface area contributed by atoms with Crippen LogP contribution in [0.1, 0.15) is 12.0 Å². The summed E-state index contributed by atoms with van der Waals surface area (Å²) in [7, 11) is -4.64. The minimum atomic E-state index is -3.78. The minimum absolute atomic E-state index is 0.103. The van der Waals surface area contributed by atoms with Crippen molar-refractivity contribution < 1.29 is 17.4 Å². The van der Waals surface area contributed by atoms with Crippen molar-refractivity contribution in [1.29, 1.82) is 0 Å². The number of ether oxygens (including phenoxy) is 1. The molecular formula is C11H15N3O4S2. The van der Waals surface area contributed by atoms with Crippen molar-refractivity contribution in [2.24, 2.45) is 10.1 Å². The van der Waals surface area contributed by atoms with E-state index in [-0.39, 0.29) is 5.84 Å². The Morgan fingerprint density at radius 1 is 1.45 bits per heavy atom. The molecule has 110 valence electrons. The van der Waals surface area contributed by atoms with E-state index in [1.165, 1.54) is 0 Å². The van der Waals surface area contributed by atoms with Crippen molar-refractivity contribution >= 4 is 32.5 Å². The largest absolute Gasteiger partial charge is 0.493 e. The number of benzene rings is 1. The van der Waals surface area contributed by atoms with E-state index in [1.807, 2.05) is 0 Å². The quantitative estimate of drug-likeness (QED) is 0.754. The summed E-state index contributed by atoms with van der Waals surface area (Å²) >= 11 is 0. The SMILES string of the molecule is CS(=O)CCCOc1cccc2c1C(N)=NS(=O)(=O)N2. The molecule has 1 aromatic carbocycles. The number of hydrogen-bond acceptors (Lipinski definition) is 5. The topological polar surface area (TPSA) is 111 Å². The van der Waals surface area contributed by atoms with Crippen molar-refractivity contribution in [3.63, 3.8) is 0 Å². The first kappa shape index (κ1) is 14.8. The smallest absolute Gasteiger partial charge is 0.344 e. The molecular weight excluding hydrogens is 302 g/mol. The van der Waals surface area contributed by atoms with Gasteiger partial charge in [0.15, 0.2) is 5.84 Å². The lowest BCUT2D eigenvalue weighted by Gasteiger charge is -2.18. The molecule has 3 N–H and O–H groups in total. The van der Waals surface area contributed by atoms with Gasteiger partial charge in [0, 0.05) is 22.8 Å². The number of amidine groups is 1. The number of anilines is 1. The van der Waals surface area contributed by atoms with Gasteiger partial charge in [-0.2, -0.15) is 8.42 Å². The first-order valence-electron chi connectivity index (χ1n) is 5.83. The highest BCUT2D eigenvalue weighted by atomic mass is 32.2. The minimum Gasteiger partial charge on any atom is -0.493 e. The number of nitrogens with two attached hydrogens (primary N) is 1. The Balaban J connectivity index is 2.19. The average Bonchev–Trinajstić information content (AvgIpc) is 2.32. The summed E-state index contributed by atoms with van der Waals surface area (Å²) in [6.07, 6.45) is 2.26. The molecule has 1 heterocycles. The summed E-state index contributed by atoms with van der Waals surface area (Å²) in [5.74, 6) is 0.895. The van der Waals surface area contributed by atoms with Crippen LogP contribution in [0, 0.1) is 0 Å². The van der Waals surface area contributed by atoms with Gasteiger partial charge in [-0.15, -0.1) is 4.40 Å². The Morgan fingerprint density at radius 3 is 2.90 bits per heavy atom. The highest BCUT2D eigenvalue weighted by Crippen LogP contribution is 2.30. The van der Waals surface area contributed by atoms with E-state index in [4.69, 9.17) is 10.5 Å². The van der Waals surface area contributed by atoms with E-state index < -0.39 is 21.0 Å². The van der Waals surface area contributed by atoms with E-state index in [1.54, 1.807) is 24.5 Å². The molecule has 1 unspecified atom stereocenters. The summed E-state index contributed by atoms with van der Waals surface area (Å²) in [6, 6.07) is 4.93. The molecule has 1 aliphatic heterocycles. The second-order valence-corrected chi connectivity index (χ2v) is 7.10. The van der Waals surface area contributed by atoms with Gasteiger partial charge in [0.1, 0.15) is 5.75 Å². The summed E-state index contributed by atoms with van der Waals surface area (Å²) in [4.78, 5) is 0. The zero-order valence-electron chi connectivity index (χ0n) is 10.8. The number of rotatable bonds is 5. The lowest BCUT2D eigenvalue weighted by atomic mass is 10.1. The Labute approximate surface area is 119 Å². The molecule has 20 heavy (non-hydrogen) atoms. The van der Waals surface area contributed by atoms with Crippen LogP contribution in [0.2, 0.25) is 0 Å². The number of fused-ring (bicyclic) bond motifs is 1. The molecule has 0 aliphatic carbocycles. The van der Waals surface area contributed by atoms with Crippen LogP contribution in [0.5, 0.6) is 5.75 Å². The summed E-state index contributed by atoms with van der Waals surface area (Å²) in [5, 5.41) is 0. The summed E-state index contributed by atoms with van der Waals surface area (Å²) in [6.45, 7) is 0.371. The Morgan fingerprint density at radius 2 is 2.20 bits per heavy atom. The third kappa shape index (κ3) is 3.48. The van der Waals surface area contributed by atoms with E-state index in [9.17, 15) is 12.6 Å². The molecule has 0 aromatic heterocycles. The molecule has 7 nitrogen and oxygen atoms in total.